The number of nitrogens with one attached hydrogen (secondary N) is 1. The minimum absolute atomic E-state index is 0. The predicted octanol–water partition coefficient (Wildman–Crippen LogP) is 2.25. The van der Waals surface area contributed by atoms with Crippen molar-refractivity contribution in [3.63, 3.8) is 0 Å². The molecule has 98 valence electrons. The van der Waals surface area contributed by atoms with Crippen LogP contribution in [0.2, 0.25) is 0 Å². The minimum atomic E-state index is -4.08. The molecule has 2 saturated carbocycles. The molecule has 0 unspecified atom stereocenters. The molecule has 0 radical (unpaired) electrons. The van der Waals surface area contributed by atoms with Crippen molar-refractivity contribution in [3.05, 3.63) is 0 Å². The average molecular weight is 281 g/mol. The molecule has 0 bridgehead atoms. The zero-order chi connectivity index (χ0) is 10.4. The molecule has 1 spiro atoms. The summed E-state index contributed by atoms with van der Waals surface area (Å²) in [5.74, 6) is 0. The minimum Gasteiger partial charge on any atom is -0.328 e. The van der Waals surface area contributed by atoms with Crippen molar-refractivity contribution in [3.8, 4) is 0 Å². The van der Waals surface area contributed by atoms with Crippen molar-refractivity contribution in [1.29, 1.82) is 0 Å². The molecular formula is C9H17Cl2F3N2. The molecule has 7 heteroatoms. The molecule has 16 heavy (non-hydrogen) atoms. The fourth-order valence-electron chi connectivity index (χ4n) is 2.78. The van der Waals surface area contributed by atoms with Crippen LogP contribution in [-0.2, 0) is 0 Å². The zero-order valence-corrected chi connectivity index (χ0v) is 10.4. The van der Waals surface area contributed by atoms with Crippen LogP contribution in [0.25, 0.3) is 0 Å². The van der Waals surface area contributed by atoms with Gasteiger partial charge in [0.1, 0.15) is 0 Å². The summed E-state index contributed by atoms with van der Waals surface area (Å²) in [6.07, 6.45) is -0.347. The van der Waals surface area contributed by atoms with Crippen LogP contribution in [0.5, 0.6) is 0 Å². The van der Waals surface area contributed by atoms with E-state index in [0.29, 0.717) is 11.5 Å². The lowest BCUT2D eigenvalue weighted by Gasteiger charge is -2.57. The van der Waals surface area contributed by atoms with Crippen LogP contribution in [0.15, 0.2) is 0 Å². The van der Waals surface area contributed by atoms with E-state index < -0.39 is 12.7 Å². The van der Waals surface area contributed by atoms with Gasteiger partial charge in [0.15, 0.2) is 0 Å². The fraction of sp³-hybridized carbons (Fsp3) is 1.00. The van der Waals surface area contributed by atoms with Crippen LogP contribution in [0.4, 0.5) is 13.2 Å². The number of halogens is 5. The molecule has 2 aliphatic carbocycles. The molecule has 3 N–H and O–H groups in total. The van der Waals surface area contributed by atoms with Crippen LogP contribution >= 0.6 is 24.8 Å². The summed E-state index contributed by atoms with van der Waals surface area (Å²) in [4.78, 5) is 0. The third kappa shape index (κ3) is 3.65. The van der Waals surface area contributed by atoms with E-state index >= 15 is 0 Å². The van der Waals surface area contributed by atoms with Crippen LogP contribution in [0.1, 0.15) is 25.7 Å². The van der Waals surface area contributed by atoms with Crippen molar-refractivity contribution >= 4 is 24.8 Å². The Labute approximate surface area is 105 Å². The molecular weight excluding hydrogens is 264 g/mol. The quantitative estimate of drug-likeness (QED) is 0.814. The highest BCUT2D eigenvalue weighted by Crippen LogP contribution is 2.55. The van der Waals surface area contributed by atoms with Gasteiger partial charge in [0.05, 0.1) is 6.54 Å². The Kier molecular flexibility index (Phi) is 5.39. The lowest BCUT2D eigenvalue weighted by molar-refractivity contribution is -0.132. The summed E-state index contributed by atoms with van der Waals surface area (Å²) in [7, 11) is 0. The van der Waals surface area contributed by atoms with Crippen LogP contribution in [-0.4, -0.2) is 24.8 Å². The van der Waals surface area contributed by atoms with E-state index in [2.05, 4.69) is 5.32 Å². The molecule has 0 aromatic rings. The molecule has 2 rings (SSSR count). The van der Waals surface area contributed by atoms with Crippen molar-refractivity contribution < 1.29 is 13.2 Å². The van der Waals surface area contributed by atoms with Gasteiger partial charge in [-0.15, -0.1) is 24.8 Å². The van der Waals surface area contributed by atoms with Gasteiger partial charge in [-0.05, 0) is 31.1 Å². The smallest absolute Gasteiger partial charge is 0.328 e. The van der Waals surface area contributed by atoms with E-state index in [1.165, 1.54) is 0 Å². The van der Waals surface area contributed by atoms with Crippen molar-refractivity contribution in [2.45, 2.75) is 43.9 Å². The molecule has 0 aliphatic heterocycles. The van der Waals surface area contributed by atoms with E-state index in [0.717, 1.165) is 25.7 Å². The third-order valence-electron chi connectivity index (χ3n) is 3.34. The Morgan fingerprint density at radius 3 is 2.00 bits per heavy atom. The first-order chi connectivity index (χ1) is 6.39. The molecule has 0 atom stereocenters. The zero-order valence-electron chi connectivity index (χ0n) is 8.72. The van der Waals surface area contributed by atoms with Gasteiger partial charge in [0.2, 0.25) is 0 Å². The van der Waals surface area contributed by atoms with Crippen LogP contribution in [0, 0.1) is 5.41 Å². The summed E-state index contributed by atoms with van der Waals surface area (Å²) < 4.78 is 35.5. The molecule has 0 aromatic carbocycles. The van der Waals surface area contributed by atoms with Gasteiger partial charge in [-0.25, -0.2) is 0 Å². The van der Waals surface area contributed by atoms with E-state index in [1.54, 1.807) is 0 Å². The molecule has 2 aliphatic rings. The van der Waals surface area contributed by atoms with Crippen LogP contribution < -0.4 is 11.1 Å². The molecule has 0 aromatic heterocycles. The summed E-state index contributed by atoms with van der Waals surface area (Å²) in [5.41, 5.74) is 5.96. The first-order valence-corrected chi connectivity index (χ1v) is 4.94. The number of rotatable bonds is 2. The normalized spacial score (nSPS) is 36.8. The molecule has 2 nitrogen and oxygen atoms in total. The van der Waals surface area contributed by atoms with E-state index in [-0.39, 0.29) is 30.9 Å². The Morgan fingerprint density at radius 2 is 1.62 bits per heavy atom. The van der Waals surface area contributed by atoms with Gasteiger partial charge in [-0.3, -0.25) is 0 Å². The summed E-state index contributed by atoms with van der Waals surface area (Å²) in [6, 6.07) is 0.350. The summed E-state index contributed by atoms with van der Waals surface area (Å²) in [6.45, 7) is -0.861. The van der Waals surface area contributed by atoms with E-state index in [1.807, 2.05) is 0 Å². The van der Waals surface area contributed by atoms with Gasteiger partial charge in [-0.1, -0.05) is 0 Å². The van der Waals surface area contributed by atoms with Gasteiger partial charge >= 0.3 is 6.18 Å². The number of hydrogen-bond donors (Lipinski definition) is 2. The van der Waals surface area contributed by atoms with E-state index in [4.69, 9.17) is 5.73 Å². The standard InChI is InChI=1S/C9H15F3N2.2ClH/c10-9(11,12)5-14-7-3-8(4-7)1-6(13)2-8;;/h6-7,14H,1-5,13H2;2*1H. The second-order valence-corrected chi connectivity index (χ2v) is 4.77. The Balaban J connectivity index is 0.00000112. The molecule has 0 heterocycles. The first-order valence-electron chi connectivity index (χ1n) is 4.94. The molecule has 0 amide bonds. The highest BCUT2D eigenvalue weighted by Gasteiger charge is 2.51. The second-order valence-electron chi connectivity index (χ2n) is 4.77. The van der Waals surface area contributed by atoms with Crippen molar-refractivity contribution in [2.75, 3.05) is 6.54 Å². The molecule has 0 saturated heterocycles. The SMILES string of the molecule is Cl.Cl.NC1CC2(C1)CC(NCC(F)(F)F)C2. The number of nitrogens with two attached hydrogens (primary N) is 1. The van der Waals surface area contributed by atoms with Crippen molar-refractivity contribution in [1.82, 2.24) is 5.32 Å². The van der Waals surface area contributed by atoms with E-state index in [9.17, 15) is 13.2 Å². The summed E-state index contributed by atoms with van der Waals surface area (Å²) in [5, 5.41) is 2.53. The first kappa shape index (κ1) is 16.3. The van der Waals surface area contributed by atoms with Gasteiger partial charge < -0.3 is 11.1 Å². The monoisotopic (exact) mass is 280 g/mol. The highest BCUT2D eigenvalue weighted by atomic mass is 35.5. The van der Waals surface area contributed by atoms with Crippen molar-refractivity contribution in [2.24, 2.45) is 11.1 Å². The lowest BCUT2D eigenvalue weighted by Crippen LogP contribution is -2.59. The topological polar surface area (TPSA) is 38.0 Å². The lowest BCUT2D eigenvalue weighted by atomic mass is 9.52. The Morgan fingerprint density at radius 1 is 1.12 bits per heavy atom. The Hall–Kier alpha value is 0.290. The van der Waals surface area contributed by atoms with Crippen LogP contribution in [0.3, 0.4) is 0 Å². The third-order valence-corrected chi connectivity index (χ3v) is 3.34. The summed E-state index contributed by atoms with van der Waals surface area (Å²) >= 11 is 0. The maximum absolute atomic E-state index is 11.8. The molecule has 2 fully saturated rings. The number of hydrogen-bond acceptors (Lipinski definition) is 2. The van der Waals surface area contributed by atoms with Gasteiger partial charge in [-0.2, -0.15) is 13.2 Å². The second kappa shape index (κ2) is 5.29. The van der Waals surface area contributed by atoms with Gasteiger partial charge in [0.25, 0.3) is 0 Å². The maximum Gasteiger partial charge on any atom is 0.401 e. The number of alkyl halides is 3. The van der Waals surface area contributed by atoms with Gasteiger partial charge in [0, 0.05) is 12.1 Å². The fourth-order valence-corrected chi connectivity index (χ4v) is 2.78. The predicted molar refractivity (Wildman–Crippen MR) is 61.2 cm³/mol. The Bertz CT molecular complexity index is 221. The highest BCUT2D eigenvalue weighted by molar-refractivity contribution is 5.85. The maximum atomic E-state index is 11.8. The largest absolute Gasteiger partial charge is 0.401 e. The average Bonchev–Trinajstić information content (AvgIpc) is 1.89.